The van der Waals surface area contributed by atoms with Crippen LogP contribution in [0.5, 0.6) is 5.75 Å². The van der Waals surface area contributed by atoms with Crippen LogP contribution in [-0.2, 0) is 0 Å². The van der Waals surface area contributed by atoms with Gasteiger partial charge in [-0.15, -0.1) is 12.4 Å². The number of hydrogen-bond acceptors (Lipinski definition) is 3. The monoisotopic (exact) mass is 323 g/mol. The van der Waals surface area contributed by atoms with Crippen LogP contribution in [0.1, 0.15) is 19.3 Å². The zero-order chi connectivity index (χ0) is 14.9. The van der Waals surface area contributed by atoms with Crippen LogP contribution in [0.25, 0.3) is 5.69 Å². The van der Waals surface area contributed by atoms with Crippen molar-refractivity contribution in [2.75, 3.05) is 13.2 Å². The predicted octanol–water partition coefficient (Wildman–Crippen LogP) is 2.12. The fourth-order valence-electron chi connectivity index (χ4n) is 1.98. The number of guanidine groups is 1. The lowest BCUT2D eigenvalue weighted by molar-refractivity contribution is 0.305. The molecule has 0 saturated carbocycles. The molecule has 0 saturated heterocycles. The average Bonchev–Trinajstić information content (AvgIpc) is 3.00. The van der Waals surface area contributed by atoms with Crippen LogP contribution in [0.15, 0.2) is 48.0 Å². The van der Waals surface area contributed by atoms with Gasteiger partial charge in [0.25, 0.3) is 0 Å². The molecule has 120 valence electrons. The smallest absolute Gasteiger partial charge is 0.185 e. The molecule has 1 heterocycles. The third-order valence-electron chi connectivity index (χ3n) is 3.00. The summed E-state index contributed by atoms with van der Waals surface area (Å²) < 4.78 is 7.79. The van der Waals surface area contributed by atoms with Crippen molar-refractivity contribution in [3.63, 3.8) is 0 Å². The Hall–Kier alpha value is -2.21. The molecule has 6 nitrogen and oxygen atoms in total. The van der Waals surface area contributed by atoms with Gasteiger partial charge in [0.05, 0.1) is 18.6 Å². The molecule has 0 bridgehead atoms. The van der Waals surface area contributed by atoms with Crippen LogP contribution in [0.2, 0.25) is 0 Å². The van der Waals surface area contributed by atoms with Crippen molar-refractivity contribution in [1.29, 1.82) is 0 Å². The van der Waals surface area contributed by atoms with Crippen molar-refractivity contribution in [3.8, 4) is 11.4 Å². The topological polar surface area (TPSA) is 91.5 Å². The summed E-state index contributed by atoms with van der Waals surface area (Å²) in [6.45, 7) is 1.35. The summed E-state index contributed by atoms with van der Waals surface area (Å²) in [6, 6.07) is 7.93. The molecular formula is C15H22ClN5O. The highest BCUT2D eigenvalue weighted by molar-refractivity contribution is 5.85. The molecule has 0 aliphatic carbocycles. The first-order valence-corrected chi connectivity index (χ1v) is 7.03. The number of aromatic nitrogens is 2. The minimum atomic E-state index is 0. The quantitative estimate of drug-likeness (QED) is 0.442. The third-order valence-corrected chi connectivity index (χ3v) is 3.00. The summed E-state index contributed by atoms with van der Waals surface area (Å²) in [5.74, 6) is 1.01. The van der Waals surface area contributed by atoms with Gasteiger partial charge in [-0.1, -0.05) is 12.1 Å². The van der Waals surface area contributed by atoms with E-state index in [1.807, 2.05) is 35.0 Å². The summed E-state index contributed by atoms with van der Waals surface area (Å²) in [7, 11) is 0. The van der Waals surface area contributed by atoms with E-state index in [0.29, 0.717) is 13.2 Å². The molecule has 0 amide bonds. The molecule has 2 aromatic rings. The minimum Gasteiger partial charge on any atom is -0.491 e. The third kappa shape index (κ3) is 5.65. The minimum absolute atomic E-state index is 0. The van der Waals surface area contributed by atoms with E-state index in [1.54, 1.807) is 12.5 Å². The second-order valence-corrected chi connectivity index (χ2v) is 4.65. The molecular weight excluding hydrogens is 302 g/mol. The maximum Gasteiger partial charge on any atom is 0.185 e. The zero-order valence-corrected chi connectivity index (χ0v) is 13.2. The van der Waals surface area contributed by atoms with Crippen LogP contribution in [0.3, 0.4) is 0 Å². The van der Waals surface area contributed by atoms with Gasteiger partial charge in [0.15, 0.2) is 5.96 Å². The van der Waals surface area contributed by atoms with Crippen molar-refractivity contribution < 1.29 is 4.74 Å². The van der Waals surface area contributed by atoms with Crippen LogP contribution < -0.4 is 16.2 Å². The fraction of sp³-hybridized carbons (Fsp3) is 0.333. The molecule has 7 heteroatoms. The number of aliphatic imine (C=N–C) groups is 1. The first-order valence-electron chi connectivity index (χ1n) is 7.03. The summed E-state index contributed by atoms with van der Waals surface area (Å²) in [5.41, 5.74) is 11.5. The molecule has 1 aromatic heterocycles. The maximum absolute atomic E-state index is 5.85. The molecule has 0 unspecified atom stereocenters. The number of rotatable bonds is 8. The van der Waals surface area contributed by atoms with Crippen LogP contribution in [0, 0.1) is 0 Å². The predicted molar refractivity (Wildman–Crippen MR) is 90.8 cm³/mol. The SMILES string of the molecule is Cl.NC(N)=NCCCCCOc1ccccc1-n1ccnc1. The van der Waals surface area contributed by atoms with Gasteiger partial charge >= 0.3 is 0 Å². The van der Waals surface area contributed by atoms with E-state index in [9.17, 15) is 0 Å². The Labute approximate surface area is 136 Å². The Morgan fingerprint density at radius 3 is 2.73 bits per heavy atom. The molecule has 0 atom stereocenters. The van der Waals surface area contributed by atoms with E-state index in [2.05, 4.69) is 9.98 Å². The lowest BCUT2D eigenvalue weighted by atomic mass is 10.2. The Morgan fingerprint density at radius 2 is 2.00 bits per heavy atom. The Morgan fingerprint density at radius 1 is 1.18 bits per heavy atom. The lowest BCUT2D eigenvalue weighted by Crippen LogP contribution is -2.22. The van der Waals surface area contributed by atoms with Crippen molar-refractivity contribution in [3.05, 3.63) is 43.0 Å². The molecule has 0 spiro atoms. The van der Waals surface area contributed by atoms with E-state index in [0.717, 1.165) is 30.7 Å². The maximum atomic E-state index is 5.85. The highest BCUT2D eigenvalue weighted by Crippen LogP contribution is 2.22. The molecule has 2 rings (SSSR count). The number of halogens is 1. The first-order chi connectivity index (χ1) is 10.3. The van der Waals surface area contributed by atoms with E-state index in [4.69, 9.17) is 16.2 Å². The Kier molecular flexibility index (Phi) is 7.85. The van der Waals surface area contributed by atoms with Gasteiger partial charge in [0.2, 0.25) is 0 Å². The zero-order valence-electron chi connectivity index (χ0n) is 12.4. The molecule has 22 heavy (non-hydrogen) atoms. The summed E-state index contributed by atoms with van der Waals surface area (Å²) in [5, 5.41) is 0. The molecule has 4 N–H and O–H groups in total. The molecule has 0 fully saturated rings. The van der Waals surface area contributed by atoms with Gasteiger partial charge in [-0.3, -0.25) is 4.99 Å². The summed E-state index contributed by atoms with van der Waals surface area (Å²) in [6.07, 6.45) is 8.38. The number of ether oxygens (including phenoxy) is 1. The Bertz CT molecular complexity index is 567. The van der Waals surface area contributed by atoms with Crippen LogP contribution in [0.4, 0.5) is 0 Å². The molecule has 0 aliphatic rings. The van der Waals surface area contributed by atoms with Crippen molar-refractivity contribution in [2.45, 2.75) is 19.3 Å². The van der Waals surface area contributed by atoms with Crippen molar-refractivity contribution >= 4 is 18.4 Å². The largest absolute Gasteiger partial charge is 0.491 e. The highest BCUT2D eigenvalue weighted by Gasteiger charge is 2.04. The van der Waals surface area contributed by atoms with Gasteiger partial charge in [0, 0.05) is 18.9 Å². The molecule has 0 radical (unpaired) electrons. The standard InChI is InChI=1S/C15H21N5O.ClH/c16-15(17)19-8-4-1-5-11-21-14-7-3-2-6-13(14)20-10-9-18-12-20;/h2-3,6-7,9-10,12H,1,4-5,8,11H2,(H4,16,17,19);1H. The number of unbranched alkanes of at least 4 members (excludes halogenated alkanes) is 2. The van der Waals surface area contributed by atoms with Gasteiger partial charge in [-0.05, 0) is 31.4 Å². The first kappa shape index (κ1) is 17.8. The van der Waals surface area contributed by atoms with Crippen molar-refractivity contribution in [1.82, 2.24) is 9.55 Å². The van der Waals surface area contributed by atoms with Gasteiger partial charge < -0.3 is 20.8 Å². The van der Waals surface area contributed by atoms with Crippen LogP contribution >= 0.6 is 12.4 Å². The Balaban J connectivity index is 0.00000242. The van der Waals surface area contributed by atoms with Gasteiger partial charge in [-0.2, -0.15) is 0 Å². The fourth-order valence-corrected chi connectivity index (χ4v) is 1.98. The summed E-state index contributed by atoms with van der Waals surface area (Å²) >= 11 is 0. The van der Waals surface area contributed by atoms with Crippen molar-refractivity contribution in [2.24, 2.45) is 16.5 Å². The normalized spacial score (nSPS) is 9.82. The number of hydrogen-bond donors (Lipinski definition) is 2. The molecule has 0 aliphatic heterocycles. The number of benzene rings is 1. The van der Waals surface area contributed by atoms with E-state index >= 15 is 0 Å². The van der Waals surface area contributed by atoms with E-state index in [1.165, 1.54) is 0 Å². The van der Waals surface area contributed by atoms with Gasteiger partial charge in [0.1, 0.15) is 5.75 Å². The second-order valence-electron chi connectivity index (χ2n) is 4.65. The van der Waals surface area contributed by atoms with E-state index < -0.39 is 0 Å². The number of imidazole rings is 1. The van der Waals surface area contributed by atoms with Crippen LogP contribution in [-0.4, -0.2) is 28.7 Å². The molecule has 1 aromatic carbocycles. The average molecular weight is 324 g/mol. The second kappa shape index (κ2) is 9.68. The van der Waals surface area contributed by atoms with Gasteiger partial charge in [-0.25, -0.2) is 4.98 Å². The number of para-hydroxylation sites is 2. The summed E-state index contributed by atoms with van der Waals surface area (Å²) in [4.78, 5) is 8.01. The number of nitrogens with zero attached hydrogens (tertiary/aromatic N) is 3. The van der Waals surface area contributed by atoms with E-state index in [-0.39, 0.29) is 18.4 Å². The number of nitrogens with two attached hydrogens (primary N) is 2. The lowest BCUT2D eigenvalue weighted by Gasteiger charge is -2.11. The highest BCUT2D eigenvalue weighted by atomic mass is 35.5.